The molecule has 0 aliphatic carbocycles. The van der Waals surface area contributed by atoms with Crippen LogP contribution in [-0.4, -0.2) is 45.0 Å². The Kier molecular flexibility index (Phi) is 5.22. The Morgan fingerprint density at radius 1 is 1.22 bits per heavy atom. The first-order valence-corrected chi connectivity index (χ1v) is 9.97. The van der Waals surface area contributed by atoms with Crippen molar-refractivity contribution in [3.63, 3.8) is 0 Å². The molecule has 1 aliphatic heterocycles. The van der Waals surface area contributed by atoms with Gasteiger partial charge in [0.1, 0.15) is 5.82 Å². The lowest BCUT2D eigenvalue weighted by atomic mass is 9.96. The maximum absolute atomic E-state index is 12.4. The van der Waals surface area contributed by atoms with E-state index in [1.54, 1.807) is 0 Å². The molecule has 1 amide bonds. The number of aryl methyl sites for hydroxylation is 1. The van der Waals surface area contributed by atoms with Crippen LogP contribution < -0.4 is 5.32 Å². The lowest BCUT2D eigenvalue weighted by molar-refractivity contribution is -0.117. The number of fused-ring (bicyclic) bond motifs is 1. The third kappa shape index (κ3) is 4.04. The number of aromatic nitrogens is 3. The first kappa shape index (κ1) is 18.1. The van der Waals surface area contributed by atoms with Gasteiger partial charge in [0, 0.05) is 22.3 Å². The Balaban J connectivity index is 1.32. The van der Waals surface area contributed by atoms with Crippen LogP contribution >= 0.6 is 15.9 Å². The van der Waals surface area contributed by atoms with Gasteiger partial charge in [-0.25, -0.2) is 0 Å². The summed E-state index contributed by atoms with van der Waals surface area (Å²) in [5, 5.41) is 11.6. The number of likely N-dealkylation sites (tertiary alicyclic amines) is 1. The molecule has 0 radical (unpaired) electrons. The first-order chi connectivity index (χ1) is 13.1. The standard InChI is InChI=1S/C20H22BrN5O/c1-14-12-16(5-6-17(14)21)22-19(27)13-25-10-7-15(8-11-25)20-24-23-18-4-2-3-9-26(18)20/h2-6,9,12,15H,7-8,10-11,13H2,1H3,(H,22,27). The molecule has 0 atom stereocenters. The molecule has 4 rings (SSSR count). The third-order valence-electron chi connectivity index (χ3n) is 5.10. The molecule has 0 spiro atoms. The third-order valence-corrected chi connectivity index (χ3v) is 5.99. The van der Waals surface area contributed by atoms with Gasteiger partial charge in [-0.15, -0.1) is 10.2 Å². The Bertz CT molecular complexity index is 962. The number of hydrogen-bond acceptors (Lipinski definition) is 4. The molecule has 0 bridgehead atoms. The minimum atomic E-state index is 0.0306. The molecular weight excluding hydrogens is 406 g/mol. The van der Waals surface area contributed by atoms with Crippen LogP contribution in [0.3, 0.4) is 0 Å². The minimum Gasteiger partial charge on any atom is -0.325 e. The van der Waals surface area contributed by atoms with Crippen LogP contribution in [0, 0.1) is 6.92 Å². The van der Waals surface area contributed by atoms with E-state index in [2.05, 4.69) is 40.7 Å². The van der Waals surface area contributed by atoms with Crippen LogP contribution in [-0.2, 0) is 4.79 Å². The summed E-state index contributed by atoms with van der Waals surface area (Å²) in [5.41, 5.74) is 2.83. The molecule has 0 unspecified atom stereocenters. The van der Waals surface area contributed by atoms with Crippen molar-refractivity contribution < 1.29 is 4.79 Å². The average molecular weight is 428 g/mol. The lowest BCUT2D eigenvalue weighted by Crippen LogP contribution is -2.39. The smallest absolute Gasteiger partial charge is 0.238 e. The van der Waals surface area contributed by atoms with Gasteiger partial charge in [-0.2, -0.15) is 0 Å². The van der Waals surface area contributed by atoms with E-state index >= 15 is 0 Å². The summed E-state index contributed by atoms with van der Waals surface area (Å²) in [6, 6.07) is 11.8. The van der Waals surface area contributed by atoms with E-state index in [4.69, 9.17) is 0 Å². The molecule has 1 fully saturated rings. The summed E-state index contributed by atoms with van der Waals surface area (Å²) < 4.78 is 3.12. The molecular formula is C20H22BrN5O. The lowest BCUT2D eigenvalue weighted by Gasteiger charge is -2.30. The zero-order chi connectivity index (χ0) is 18.8. The van der Waals surface area contributed by atoms with Gasteiger partial charge in [-0.05, 0) is 68.8 Å². The SMILES string of the molecule is Cc1cc(NC(=O)CN2CCC(c3nnc4ccccn34)CC2)ccc1Br. The van der Waals surface area contributed by atoms with Gasteiger partial charge in [0.15, 0.2) is 5.65 Å². The number of anilines is 1. The molecule has 1 N–H and O–H groups in total. The van der Waals surface area contributed by atoms with E-state index in [9.17, 15) is 4.79 Å². The number of benzene rings is 1. The highest BCUT2D eigenvalue weighted by molar-refractivity contribution is 9.10. The Hall–Kier alpha value is -2.25. The van der Waals surface area contributed by atoms with Crippen molar-refractivity contribution >= 4 is 33.2 Å². The number of amides is 1. The summed E-state index contributed by atoms with van der Waals surface area (Å²) in [6.07, 6.45) is 3.99. The van der Waals surface area contributed by atoms with E-state index < -0.39 is 0 Å². The van der Waals surface area contributed by atoms with Crippen molar-refractivity contribution in [1.29, 1.82) is 0 Å². The van der Waals surface area contributed by atoms with E-state index in [0.29, 0.717) is 12.5 Å². The maximum atomic E-state index is 12.4. The summed E-state index contributed by atoms with van der Waals surface area (Å²) in [7, 11) is 0. The number of carbonyl (C=O) groups excluding carboxylic acids is 1. The molecule has 7 heteroatoms. The summed E-state index contributed by atoms with van der Waals surface area (Å²) in [5.74, 6) is 1.44. The molecule has 3 aromatic rings. The number of piperidine rings is 1. The Morgan fingerprint density at radius 3 is 2.81 bits per heavy atom. The van der Waals surface area contributed by atoms with Crippen LogP contribution in [0.2, 0.25) is 0 Å². The number of halogens is 1. The quantitative estimate of drug-likeness (QED) is 0.690. The van der Waals surface area contributed by atoms with Crippen LogP contribution in [0.4, 0.5) is 5.69 Å². The number of nitrogens with one attached hydrogen (secondary N) is 1. The molecule has 6 nitrogen and oxygen atoms in total. The van der Waals surface area contributed by atoms with Crippen LogP contribution in [0.1, 0.15) is 30.1 Å². The van der Waals surface area contributed by atoms with Crippen molar-refractivity contribution in [1.82, 2.24) is 19.5 Å². The second kappa shape index (κ2) is 7.78. The second-order valence-corrected chi connectivity index (χ2v) is 7.90. The van der Waals surface area contributed by atoms with E-state index in [1.807, 2.05) is 49.5 Å². The van der Waals surface area contributed by atoms with Gasteiger partial charge in [-0.1, -0.05) is 22.0 Å². The predicted octanol–water partition coefficient (Wildman–Crippen LogP) is 3.62. The highest BCUT2D eigenvalue weighted by atomic mass is 79.9. The maximum Gasteiger partial charge on any atom is 0.238 e. The number of pyridine rings is 1. The van der Waals surface area contributed by atoms with Gasteiger partial charge in [0.2, 0.25) is 5.91 Å². The zero-order valence-electron chi connectivity index (χ0n) is 15.2. The van der Waals surface area contributed by atoms with E-state index in [0.717, 1.165) is 53.1 Å². The van der Waals surface area contributed by atoms with Gasteiger partial charge in [-0.3, -0.25) is 14.1 Å². The van der Waals surface area contributed by atoms with Gasteiger partial charge in [0.25, 0.3) is 0 Å². The van der Waals surface area contributed by atoms with Crippen LogP contribution in [0.25, 0.3) is 5.65 Å². The predicted molar refractivity (Wildman–Crippen MR) is 109 cm³/mol. The first-order valence-electron chi connectivity index (χ1n) is 9.18. The van der Waals surface area contributed by atoms with Crippen molar-refractivity contribution in [3.05, 3.63) is 58.5 Å². The number of hydrogen-bond donors (Lipinski definition) is 1. The monoisotopic (exact) mass is 427 g/mol. The Labute approximate surface area is 166 Å². The number of carbonyl (C=O) groups is 1. The molecule has 3 heterocycles. The molecule has 1 aliphatic rings. The largest absolute Gasteiger partial charge is 0.325 e. The van der Waals surface area contributed by atoms with Crippen LogP contribution in [0.15, 0.2) is 47.1 Å². The molecule has 27 heavy (non-hydrogen) atoms. The highest BCUT2D eigenvalue weighted by Gasteiger charge is 2.25. The number of rotatable bonds is 4. The molecule has 1 aromatic carbocycles. The minimum absolute atomic E-state index is 0.0306. The van der Waals surface area contributed by atoms with Crippen molar-refractivity contribution in [2.24, 2.45) is 0 Å². The van der Waals surface area contributed by atoms with E-state index in [-0.39, 0.29) is 5.91 Å². The molecule has 0 saturated carbocycles. The summed E-state index contributed by atoms with van der Waals surface area (Å²) >= 11 is 3.48. The summed E-state index contributed by atoms with van der Waals surface area (Å²) in [4.78, 5) is 14.6. The van der Waals surface area contributed by atoms with Gasteiger partial charge < -0.3 is 5.32 Å². The second-order valence-electron chi connectivity index (χ2n) is 7.05. The Morgan fingerprint density at radius 2 is 2.04 bits per heavy atom. The molecule has 1 saturated heterocycles. The highest BCUT2D eigenvalue weighted by Crippen LogP contribution is 2.27. The number of nitrogens with zero attached hydrogens (tertiary/aromatic N) is 4. The van der Waals surface area contributed by atoms with Crippen molar-refractivity contribution in [3.8, 4) is 0 Å². The van der Waals surface area contributed by atoms with Crippen LogP contribution in [0.5, 0.6) is 0 Å². The average Bonchev–Trinajstić information content (AvgIpc) is 3.09. The topological polar surface area (TPSA) is 62.5 Å². The molecule has 2 aromatic heterocycles. The fourth-order valence-electron chi connectivity index (χ4n) is 3.61. The molecule has 140 valence electrons. The normalized spacial score (nSPS) is 15.9. The van der Waals surface area contributed by atoms with Gasteiger partial charge in [0.05, 0.1) is 6.54 Å². The fraction of sp³-hybridized carbons (Fsp3) is 0.350. The van der Waals surface area contributed by atoms with E-state index in [1.165, 1.54) is 0 Å². The van der Waals surface area contributed by atoms with Gasteiger partial charge >= 0.3 is 0 Å². The summed E-state index contributed by atoms with van der Waals surface area (Å²) in [6.45, 7) is 4.21. The fourth-order valence-corrected chi connectivity index (χ4v) is 3.86. The van der Waals surface area contributed by atoms with Crippen molar-refractivity contribution in [2.75, 3.05) is 25.0 Å². The van der Waals surface area contributed by atoms with Crippen molar-refractivity contribution in [2.45, 2.75) is 25.7 Å². The zero-order valence-corrected chi connectivity index (χ0v) is 16.8.